The Morgan fingerprint density at radius 1 is 1.20 bits per heavy atom. The van der Waals surface area contributed by atoms with Crippen LogP contribution in [-0.2, 0) is 10.7 Å². The molecule has 10 heavy (non-hydrogen) atoms. The van der Waals surface area contributed by atoms with Crippen molar-refractivity contribution in [3.63, 3.8) is 0 Å². The molecular weight excluding hydrogens is 148 g/mol. The summed E-state index contributed by atoms with van der Waals surface area (Å²) in [6.07, 6.45) is 3.01. The highest BCUT2D eigenvalue weighted by atomic mass is 32.2. The van der Waals surface area contributed by atoms with E-state index in [0.717, 1.165) is 19.3 Å². The van der Waals surface area contributed by atoms with Gasteiger partial charge in [0.2, 0.25) is 0 Å². The molecule has 0 bridgehead atoms. The lowest BCUT2D eigenvalue weighted by molar-refractivity contribution is 0.546. The third-order valence-corrected chi connectivity index (χ3v) is 2.05. The number of hydrogen-bond acceptors (Lipinski definition) is 2. The standard InChI is InChI=1S/C7H16O2S/c1-7(2)5-3-4-6-10(8)9/h7,10H,3-6H2,1-2H3. The van der Waals surface area contributed by atoms with Gasteiger partial charge >= 0.3 is 0 Å². The Morgan fingerprint density at radius 3 is 2.20 bits per heavy atom. The van der Waals surface area contributed by atoms with Crippen LogP contribution in [-0.4, -0.2) is 14.2 Å². The molecule has 0 saturated heterocycles. The third-order valence-electron chi connectivity index (χ3n) is 1.37. The fourth-order valence-electron chi connectivity index (χ4n) is 0.793. The minimum atomic E-state index is -2.13. The van der Waals surface area contributed by atoms with Crippen LogP contribution in [0.5, 0.6) is 0 Å². The predicted octanol–water partition coefficient (Wildman–Crippen LogP) is 1.42. The fourth-order valence-corrected chi connectivity index (χ4v) is 1.28. The first-order chi connectivity index (χ1) is 4.63. The van der Waals surface area contributed by atoms with Gasteiger partial charge in [-0.15, -0.1) is 0 Å². The third kappa shape index (κ3) is 7.95. The largest absolute Gasteiger partial charge is 0.232 e. The van der Waals surface area contributed by atoms with Crippen molar-refractivity contribution < 1.29 is 8.42 Å². The Bertz CT molecular complexity index is 131. The summed E-state index contributed by atoms with van der Waals surface area (Å²) in [6, 6.07) is 0. The van der Waals surface area contributed by atoms with Crippen LogP contribution >= 0.6 is 0 Å². The van der Waals surface area contributed by atoms with Crippen LogP contribution in [0.2, 0.25) is 0 Å². The molecule has 0 aromatic carbocycles. The summed E-state index contributed by atoms with van der Waals surface area (Å²) < 4.78 is 20.2. The Hall–Kier alpha value is -0.0500. The van der Waals surface area contributed by atoms with Gasteiger partial charge in [-0.2, -0.15) is 0 Å². The summed E-state index contributed by atoms with van der Waals surface area (Å²) in [5.74, 6) is 1.06. The smallest absolute Gasteiger partial charge is 0.140 e. The maximum Gasteiger partial charge on any atom is 0.140 e. The van der Waals surface area contributed by atoms with E-state index in [9.17, 15) is 8.42 Å². The first-order valence-electron chi connectivity index (χ1n) is 3.74. The van der Waals surface area contributed by atoms with Crippen LogP contribution in [0, 0.1) is 5.92 Å². The van der Waals surface area contributed by atoms with Crippen molar-refractivity contribution in [2.45, 2.75) is 33.1 Å². The molecule has 0 heterocycles. The zero-order chi connectivity index (χ0) is 7.98. The van der Waals surface area contributed by atoms with Crippen molar-refractivity contribution in [1.29, 1.82) is 0 Å². The first-order valence-corrected chi connectivity index (χ1v) is 5.11. The van der Waals surface area contributed by atoms with Crippen molar-refractivity contribution in [1.82, 2.24) is 0 Å². The molecule has 0 fully saturated rings. The van der Waals surface area contributed by atoms with E-state index in [2.05, 4.69) is 13.8 Å². The maximum atomic E-state index is 10.1. The lowest BCUT2D eigenvalue weighted by atomic mass is 10.1. The molecule has 0 saturated carbocycles. The van der Waals surface area contributed by atoms with Gasteiger partial charge in [0.15, 0.2) is 0 Å². The van der Waals surface area contributed by atoms with Crippen LogP contribution in [0.3, 0.4) is 0 Å². The van der Waals surface area contributed by atoms with E-state index < -0.39 is 10.7 Å². The Balaban J connectivity index is 3.06. The van der Waals surface area contributed by atoms with Crippen molar-refractivity contribution in [3.8, 4) is 0 Å². The highest BCUT2D eigenvalue weighted by molar-refractivity contribution is 7.72. The molecule has 0 N–H and O–H groups in total. The van der Waals surface area contributed by atoms with E-state index >= 15 is 0 Å². The van der Waals surface area contributed by atoms with Gasteiger partial charge in [0.1, 0.15) is 10.7 Å². The van der Waals surface area contributed by atoms with Crippen LogP contribution in [0.1, 0.15) is 33.1 Å². The molecule has 0 aliphatic carbocycles. The van der Waals surface area contributed by atoms with E-state index in [1.165, 1.54) is 0 Å². The zero-order valence-corrected chi connectivity index (χ0v) is 7.56. The molecule has 0 spiro atoms. The number of rotatable bonds is 5. The van der Waals surface area contributed by atoms with Gasteiger partial charge in [-0.05, 0) is 12.3 Å². The van der Waals surface area contributed by atoms with Gasteiger partial charge in [-0.1, -0.05) is 26.7 Å². The SMILES string of the molecule is CC(C)CCCC[SH](=O)=O. The topological polar surface area (TPSA) is 34.1 Å². The second kappa shape index (κ2) is 5.71. The van der Waals surface area contributed by atoms with Crippen LogP contribution in [0.15, 0.2) is 0 Å². The minimum absolute atomic E-state index is 0.363. The molecule has 0 aliphatic rings. The first kappa shape index (κ1) is 9.95. The molecule has 0 aromatic rings. The Labute approximate surface area is 64.6 Å². The van der Waals surface area contributed by atoms with E-state index in [1.54, 1.807) is 0 Å². The lowest BCUT2D eigenvalue weighted by Crippen LogP contribution is -1.91. The van der Waals surface area contributed by atoms with E-state index in [4.69, 9.17) is 0 Å². The van der Waals surface area contributed by atoms with Gasteiger partial charge in [-0.25, -0.2) is 8.42 Å². The normalized spacial score (nSPS) is 11.2. The second-order valence-electron chi connectivity index (χ2n) is 2.95. The predicted molar refractivity (Wildman–Crippen MR) is 43.9 cm³/mol. The van der Waals surface area contributed by atoms with Gasteiger partial charge < -0.3 is 0 Å². The molecule has 0 atom stereocenters. The molecule has 0 radical (unpaired) electrons. The molecule has 62 valence electrons. The highest BCUT2D eigenvalue weighted by Gasteiger charge is 1.93. The van der Waals surface area contributed by atoms with Crippen molar-refractivity contribution in [3.05, 3.63) is 0 Å². The van der Waals surface area contributed by atoms with Crippen molar-refractivity contribution in [2.24, 2.45) is 5.92 Å². The molecule has 0 rings (SSSR count). The fraction of sp³-hybridized carbons (Fsp3) is 1.00. The van der Waals surface area contributed by atoms with Gasteiger partial charge in [0.05, 0.1) is 0 Å². The monoisotopic (exact) mass is 164 g/mol. The quantitative estimate of drug-likeness (QED) is 0.492. The van der Waals surface area contributed by atoms with E-state index in [1.807, 2.05) is 0 Å². The average molecular weight is 164 g/mol. The molecule has 0 aromatic heterocycles. The molecule has 0 aliphatic heterocycles. The number of unbranched alkanes of at least 4 members (excludes halogenated alkanes) is 1. The maximum absolute atomic E-state index is 10.1. The molecule has 0 unspecified atom stereocenters. The Morgan fingerprint density at radius 2 is 1.80 bits per heavy atom. The van der Waals surface area contributed by atoms with Crippen molar-refractivity contribution in [2.75, 3.05) is 5.75 Å². The second-order valence-corrected chi connectivity index (χ2v) is 4.06. The highest BCUT2D eigenvalue weighted by Crippen LogP contribution is 2.05. The van der Waals surface area contributed by atoms with Crippen molar-refractivity contribution >= 4 is 10.7 Å². The molecule has 0 amide bonds. The van der Waals surface area contributed by atoms with E-state index in [-0.39, 0.29) is 0 Å². The van der Waals surface area contributed by atoms with E-state index in [0.29, 0.717) is 11.7 Å². The average Bonchev–Trinajstić information content (AvgIpc) is 1.79. The summed E-state index contributed by atoms with van der Waals surface area (Å²) in [4.78, 5) is 0. The molecule has 2 nitrogen and oxygen atoms in total. The Kier molecular flexibility index (Phi) is 5.69. The molecule has 3 heteroatoms. The number of hydrogen-bond donors (Lipinski definition) is 1. The lowest BCUT2D eigenvalue weighted by Gasteiger charge is -2.00. The summed E-state index contributed by atoms with van der Waals surface area (Å²) in [5.41, 5.74) is 0. The van der Waals surface area contributed by atoms with Crippen LogP contribution in [0.25, 0.3) is 0 Å². The molecular formula is C7H16O2S. The summed E-state index contributed by atoms with van der Waals surface area (Å²) >= 11 is 0. The van der Waals surface area contributed by atoms with Gasteiger partial charge in [0, 0.05) is 5.75 Å². The zero-order valence-electron chi connectivity index (χ0n) is 6.67. The van der Waals surface area contributed by atoms with Gasteiger partial charge in [-0.3, -0.25) is 0 Å². The summed E-state index contributed by atoms with van der Waals surface area (Å²) in [7, 11) is -2.13. The van der Waals surface area contributed by atoms with Crippen LogP contribution in [0.4, 0.5) is 0 Å². The summed E-state index contributed by atoms with van der Waals surface area (Å²) in [5, 5.41) is 0. The minimum Gasteiger partial charge on any atom is -0.232 e. The van der Waals surface area contributed by atoms with Gasteiger partial charge in [0.25, 0.3) is 0 Å². The summed E-state index contributed by atoms with van der Waals surface area (Å²) in [6.45, 7) is 4.30. The van der Waals surface area contributed by atoms with Crippen LogP contribution < -0.4 is 0 Å². The number of thiol groups is 1.